The molecule has 0 aliphatic rings. The van der Waals surface area contributed by atoms with E-state index in [2.05, 4.69) is 0 Å². The van der Waals surface area contributed by atoms with Gasteiger partial charge >= 0.3 is 5.91 Å². The Hall–Kier alpha value is -2.90. The zero-order valence-corrected chi connectivity index (χ0v) is 14.8. The second-order valence-corrected chi connectivity index (χ2v) is 5.69. The van der Waals surface area contributed by atoms with Crippen molar-refractivity contribution in [3.63, 3.8) is 0 Å². The summed E-state index contributed by atoms with van der Waals surface area (Å²) in [5.74, 6) is -1.40. The third-order valence-corrected chi connectivity index (χ3v) is 4.05. The molecule has 0 aromatic heterocycles. The van der Waals surface area contributed by atoms with E-state index in [1.807, 2.05) is 0 Å². The van der Waals surface area contributed by atoms with Crippen LogP contribution < -0.4 is 9.47 Å². The molecule has 0 atom stereocenters. The highest BCUT2D eigenvalue weighted by Gasteiger charge is 2.40. The van der Waals surface area contributed by atoms with Crippen LogP contribution in [0.1, 0.15) is 17.5 Å². The maximum atomic E-state index is 12.4. The number of carbonyl (C=O) groups is 2. The number of hydrogen-bond acceptors (Lipinski definition) is 6. The Balaban J connectivity index is 2.65. The van der Waals surface area contributed by atoms with Crippen molar-refractivity contribution in [1.29, 1.82) is 0 Å². The third kappa shape index (κ3) is 3.68. The van der Waals surface area contributed by atoms with Gasteiger partial charge in [0.05, 0.1) is 20.6 Å². The molecule has 2 aromatic carbocycles. The Morgan fingerprint density at radius 2 is 1.38 bits per heavy atom. The number of hydrogen-bond donors (Lipinski definition) is 2. The van der Waals surface area contributed by atoms with E-state index in [9.17, 15) is 19.9 Å². The quantitative estimate of drug-likeness (QED) is 0.444. The van der Waals surface area contributed by atoms with Gasteiger partial charge in [0.2, 0.25) is 5.78 Å². The van der Waals surface area contributed by atoms with Crippen LogP contribution in [-0.2, 0) is 15.2 Å². The molecule has 0 radical (unpaired) electrons. The van der Waals surface area contributed by atoms with Crippen molar-refractivity contribution in [2.75, 3.05) is 21.3 Å². The molecule has 0 bridgehead atoms. The number of nitrogens with zero attached hydrogens (tertiary/aromatic N) is 1. The van der Waals surface area contributed by atoms with Gasteiger partial charge in [-0.25, -0.2) is 5.06 Å². The van der Waals surface area contributed by atoms with Gasteiger partial charge in [0.25, 0.3) is 0 Å². The maximum absolute atomic E-state index is 12.4. The Bertz CT molecular complexity index is 755. The Kier molecular flexibility index (Phi) is 5.97. The van der Waals surface area contributed by atoms with Crippen molar-refractivity contribution < 1.29 is 29.4 Å². The molecular weight excluding hydrogens is 338 g/mol. The van der Waals surface area contributed by atoms with Gasteiger partial charge in [-0.05, 0) is 12.1 Å². The van der Waals surface area contributed by atoms with Gasteiger partial charge in [0.1, 0.15) is 17.1 Å². The number of carbonyl (C=O) groups excluding carboxylic acids is 2. The summed E-state index contributed by atoms with van der Waals surface area (Å²) in [5.41, 5.74) is -1.30. The van der Waals surface area contributed by atoms with E-state index in [-0.39, 0.29) is 5.06 Å². The SMILES string of the molecule is COc1ccccc1C(O)(CC(=O)C(=O)N(C)O)c1ccccc1OC. The first-order valence-corrected chi connectivity index (χ1v) is 7.84. The van der Waals surface area contributed by atoms with Crippen LogP contribution in [0.2, 0.25) is 0 Å². The third-order valence-electron chi connectivity index (χ3n) is 4.05. The van der Waals surface area contributed by atoms with E-state index < -0.39 is 23.7 Å². The number of likely N-dealkylation sites (N-methyl/N-ethyl adjacent to an activating group) is 1. The molecule has 0 saturated heterocycles. The largest absolute Gasteiger partial charge is 0.496 e. The lowest BCUT2D eigenvalue weighted by molar-refractivity contribution is -0.166. The summed E-state index contributed by atoms with van der Waals surface area (Å²) in [6.07, 6.45) is -0.600. The lowest BCUT2D eigenvalue weighted by atomic mass is 9.81. The number of para-hydroxylation sites is 2. The Morgan fingerprint density at radius 3 is 1.77 bits per heavy atom. The molecule has 138 valence electrons. The standard InChI is InChI=1S/C19H21NO6/c1-20(24)18(22)15(21)12-19(23,13-8-4-6-10-16(13)25-2)14-9-5-7-11-17(14)26-3/h4-11,23-24H,12H2,1-3H3. The lowest BCUT2D eigenvalue weighted by Crippen LogP contribution is -2.38. The van der Waals surface area contributed by atoms with Crippen LogP contribution >= 0.6 is 0 Å². The number of methoxy groups -OCH3 is 2. The van der Waals surface area contributed by atoms with Gasteiger partial charge in [-0.15, -0.1) is 0 Å². The molecule has 2 rings (SSSR count). The number of Topliss-reactive ketones (excluding diaryl/α,β-unsaturated/α-hetero) is 1. The number of aliphatic hydroxyl groups is 1. The van der Waals surface area contributed by atoms with Crippen molar-refractivity contribution in [3.8, 4) is 11.5 Å². The van der Waals surface area contributed by atoms with E-state index in [4.69, 9.17) is 9.47 Å². The molecule has 0 heterocycles. The fourth-order valence-corrected chi connectivity index (χ4v) is 2.80. The van der Waals surface area contributed by atoms with Crippen molar-refractivity contribution in [1.82, 2.24) is 5.06 Å². The highest BCUT2D eigenvalue weighted by atomic mass is 16.5. The van der Waals surface area contributed by atoms with Crippen LogP contribution in [0.5, 0.6) is 11.5 Å². The normalized spacial score (nSPS) is 11.0. The zero-order chi connectivity index (χ0) is 19.3. The first-order chi connectivity index (χ1) is 12.3. The van der Waals surface area contributed by atoms with Gasteiger partial charge in [-0.2, -0.15) is 0 Å². The average Bonchev–Trinajstić information content (AvgIpc) is 2.66. The van der Waals surface area contributed by atoms with Gasteiger partial charge in [0, 0.05) is 18.2 Å². The summed E-state index contributed by atoms with van der Waals surface area (Å²) < 4.78 is 10.6. The van der Waals surface area contributed by atoms with Gasteiger partial charge < -0.3 is 14.6 Å². The predicted molar refractivity (Wildman–Crippen MR) is 93.2 cm³/mol. The molecule has 0 fully saturated rings. The minimum absolute atomic E-state index is 0.188. The number of amides is 1. The number of ketones is 1. The number of rotatable bonds is 7. The smallest absolute Gasteiger partial charge is 0.313 e. The van der Waals surface area contributed by atoms with Crippen molar-refractivity contribution >= 4 is 11.7 Å². The minimum Gasteiger partial charge on any atom is -0.496 e. The van der Waals surface area contributed by atoms with Gasteiger partial charge in [-0.1, -0.05) is 36.4 Å². The molecule has 2 aromatic rings. The fraction of sp³-hybridized carbons (Fsp3) is 0.263. The highest BCUT2D eigenvalue weighted by Crippen LogP contribution is 2.42. The highest BCUT2D eigenvalue weighted by molar-refractivity contribution is 6.35. The van der Waals surface area contributed by atoms with Crippen molar-refractivity contribution in [2.24, 2.45) is 0 Å². The minimum atomic E-state index is -1.90. The molecule has 0 aliphatic heterocycles. The second-order valence-electron chi connectivity index (χ2n) is 5.69. The number of benzene rings is 2. The lowest BCUT2D eigenvalue weighted by Gasteiger charge is -2.31. The number of ether oxygens (including phenoxy) is 2. The summed E-state index contributed by atoms with van der Waals surface area (Å²) in [6.45, 7) is 0. The second kappa shape index (κ2) is 7.99. The molecule has 0 aliphatic carbocycles. The van der Waals surface area contributed by atoms with Crippen molar-refractivity contribution in [2.45, 2.75) is 12.0 Å². The molecule has 0 spiro atoms. The molecular formula is C19H21NO6. The van der Waals surface area contributed by atoms with Crippen LogP contribution in [0.15, 0.2) is 48.5 Å². The van der Waals surface area contributed by atoms with E-state index in [0.717, 1.165) is 7.05 Å². The predicted octanol–water partition coefficient (Wildman–Crippen LogP) is 1.75. The maximum Gasteiger partial charge on any atom is 0.313 e. The van der Waals surface area contributed by atoms with Crippen LogP contribution in [0, 0.1) is 0 Å². The first-order valence-electron chi connectivity index (χ1n) is 7.84. The van der Waals surface area contributed by atoms with Crippen LogP contribution in [0.3, 0.4) is 0 Å². The summed E-state index contributed by atoms with van der Waals surface area (Å²) in [4.78, 5) is 24.2. The fourth-order valence-electron chi connectivity index (χ4n) is 2.80. The van der Waals surface area contributed by atoms with Gasteiger partial charge in [-0.3, -0.25) is 14.8 Å². The summed E-state index contributed by atoms with van der Waals surface area (Å²) >= 11 is 0. The summed E-state index contributed by atoms with van der Waals surface area (Å²) in [6, 6.07) is 13.3. The Labute approximate surface area is 151 Å². The van der Waals surface area contributed by atoms with E-state index >= 15 is 0 Å². The Morgan fingerprint density at radius 1 is 0.962 bits per heavy atom. The zero-order valence-electron chi connectivity index (χ0n) is 14.8. The van der Waals surface area contributed by atoms with E-state index in [1.165, 1.54) is 14.2 Å². The van der Waals surface area contributed by atoms with E-state index in [1.54, 1.807) is 48.5 Å². The molecule has 0 saturated carbocycles. The molecule has 0 unspecified atom stereocenters. The molecule has 2 N–H and O–H groups in total. The number of hydroxylamine groups is 2. The van der Waals surface area contributed by atoms with Crippen LogP contribution in [0.25, 0.3) is 0 Å². The van der Waals surface area contributed by atoms with Crippen LogP contribution in [-0.4, -0.2) is 48.3 Å². The molecule has 7 heteroatoms. The monoisotopic (exact) mass is 359 g/mol. The topological polar surface area (TPSA) is 96.3 Å². The molecule has 7 nitrogen and oxygen atoms in total. The molecule has 26 heavy (non-hydrogen) atoms. The summed E-state index contributed by atoms with van der Waals surface area (Å²) in [5, 5.41) is 21.0. The average molecular weight is 359 g/mol. The summed E-state index contributed by atoms with van der Waals surface area (Å²) in [7, 11) is 3.93. The van der Waals surface area contributed by atoms with Gasteiger partial charge in [0.15, 0.2) is 0 Å². The van der Waals surface area contributed by atoms with Crippen molar-refractivity contribution in [3.05, 3.63) is 59.7 Å². The first kappa shape index (κ1) is 19.4. The van der Waals surface area contributed by atoms with E-state index in [0.29, 0.717) is 22.6 Å². The molecule has 1 amide bonds. The van der Waals surface area contributed by atoms with Crippen LogP contribution in [0.4, 0.5) is 0 Å².